The van der Waals surface area contributed by atoms with Gasteiger partial charge in [-0.15, -0.1) is 0 Å². The minimum absolute atomic E-state index is 0.868. The van der Waals surface area contributed by atoms with Crippen LogP contribution in [0.2, 0.25) is 0 Å². The van der Waals surface area contributed by atoms with Gasteiger partial charge in [-0.25, -0.2) is 0 Å². The van der Waals surface area contributed by atoms with E-state index in [9.17, 15) is 0 Å². The Morgan fingerprint density at radius 2 is 2.00 bits per heavy atom. The van der Waals surface area contributed by atoms with Crippen molar-refractivity contribution >= 4 is 25.9 Å². The van der Waals surface area contributed by atoms with Gasteiger partial charge in [0.05, 0.1) is 0 Å². The molecule has 1 unspecified atom stereocenters. The predicted octanol–water partition coefficient (Wildman–Crippen LogP) is 2.81. The number of thiocarbonyl (C=S) groups is 1. The molecular weight excluding hydrogens is 135 g/mol. The molecule has 0 nitrogen and oxygen atoms in total. The maximum absolute atomic E-state index is 4.75. The van der Waals surface area contributed by atoms with E-state index in [-0.39, 0.29) is 0 Å². The Bertz CT molecular complexity index is 59.5. The van der Waals surface area contributed by atoms with Crippen molar-refractivity contribution in [3.63, 3.8) is 0 Å². The number of hydrogen-bond donors (Lipinski definition) is 0. The van der Waals surface area contributed by atoms with Crippen molar-refractivity contribution in [3.8, 4) is 0 Å². The summed E-state index contributed by atoms with van der Waals surface area (Å²) in [4.78, 5) is 0. The van der Waals surface area contributed by atoms with Crippen LogP contribution in [0.15, 0.2) is 0 Å². The third-order valence-electron chi connectivity index (χ3n) is 1.29. The third-order valence-corrected chi connectivity index (χ3v) is 3.12. The highest BCUT2D eigenvalue weighted by Crippen LogP contribution is 2.21. The second kappa shape index (κ2) is 5.65. The molecule has 48 valence electrons. The zero-order valence-electron chi connectivity index (χ0n) is 5.48. The summed E-state index contributed by atoms with van der Waals surface area (Å²) in [6.45, 7) is 4.44. The van der Waals surface area contributed by atoms with Gasteiger partial charge in [-0.05, 0) is 23.6 Å². The van der Waals surface area contributed by atoms with Crippen LogP contribution in [0.1, 0.15) is 26.7 Å². The molecule has 0 bridgehead atoms. The molecule has 1 atom stereocenters. The summed E-state index contributed by atoms with van der Waals surface area (Å²) in [5, 5.41) is 1.87. The van der Waals surface area contributed by atoms with E-state index >= 15 is 0 Å². The molecule has 0 aliphatic heterocycles. The number of hydrogen-bond acceptors (Lipinski definition) is 1. The summed E-state index contributed by atoms with van der Waals surface area (Å²) in [5.74, 6) is 0. The van der Waals surface area contributed by atoms with Crippen molar-refractivity contribution in [3.05, 3.63) is 0 Å². The normalized spacial score (nSPS) is 11.4. The smallest absolute Gasteiger partial charge is 0.000146 e. The van der Waals surface area contributed by atoms with Gasteiger partial charge in [0.1, 0.15) is 0 Å². The SMILES string of the molecule is CCC(CC)PC=S. The molecule has 0 saturated carbocycles. The van der Waals surface area contributed by atoms with E-state index < -0.39 is 0 Å². The summed E-state index contributed by atoms with van der Waals surface area (Å²) in [7, 11) is 0.896. The van der Waals surface area contributed by atoms with Crippen molar-refractivity contribution in [2.75, 3.05) is 0 Å². The molecule has 0 heterocycles. The van der Waals surface area contributed by atoms with E-state index in [1.165, 1.54) is 12.8 Å². The van der Waals surface area contributed by atoms with Crippen molar-refractivity contribution in [2.24, 2.45) is 0 Å². The topological polar surface area (TPSA) is 0 Å². The van der Waals surface area contributed by atoms with Crippen LogP contribution in [0, 0.1) is 0 Å². The van der Waals surface area contributed by atoms with E-state index in [0.717, 1.165) is 14.2 Å². The van der Waals surface area contributed by atoms with Crippen LogP contribution in [0.5, 0.6) is 0 Å². The molecule has 0 aliphatic rings. The standard InChI is InChI=1S/C6H13PS/c1-3-6(4-2)7-5-8/h5-7H,3-4H2,1-2H3. The Hall–Kier alpha value is 0.520. The molecule has 0 radical (unpaired) electrons. The van der Waals surface area contributed by atoms with Crippen molar-refractivity contribution < 1.29 is 0 Å². The van der Waals surface area contributed by atoms with Crippen molar-refractivity contribution in [2.45, 2.75) is 32.3 Å². The van der Waals surface area contributed by atoms with Crippen LogP contribution in [0.25, 0.3) is 0 Å². The zero-order valence-corrected chi connectivity index (χ0v) is 7.29. The van der Waals surface area contributed by atoms with Gasteiger partial charge in [0.15, 0.2) is 0 Å². The highest BCUT2D eigenvalue weighted by Gasteiger charge is 1.97. The van der Waals surface area contributed by atoms with Gasteiger partial charge in [-0.2, -0.15) is 0 Å². The second-order valence-electron chi connectivity index (χ2n) is 1.80. The molecule has 0 aromatic rings. The molecule has 0 spiro atoms. The summed E-state index contributed by atoms with van der Waals surface area (Å²) < 4.78 is 0. The molecule has 0 amide bonds. The third kappa shape index (κ3) is 3.51. The molecule has 0 saturated heterocycles. The fourth-order valence-electron chi connectivity index (χ4n) is 0.621. The van der Waals surface area contributed by atoms with Gasteiger partial charge < -0.3 is 0 Å². The van der Waals surface area contributed by atoms with E-state index in [1.54, 1.807) is 0 Å². The molecule has 0 aliphatic carbocycles. The van der Waals surface area contributed by atoms with E-state index in [0.29, 0.717) is 0 Å². The lowest BCUT2D eigenvalue weighted by Gasteiger charge is -2.05. The quantitative estimate of drug-likeness (QED) is 0.436. The molecule has 0 N–H and O–H groups in total. The first-order valence-electron chi connectivity index (χ1n) is 3.04. The van der Waals surface area contributed by atoms with Gasteiger partial charge >= 0.3 is 0 Å². The van der Waals surface area contributed by atoms with Crippen LogP contribution in [-0.2, 0) is 0 Å². The van der Waals surface area contributed by atoms with Crippen LogP contribution in [0.3, 0.4) is 0 Å². The molecule has 0 rings (SSSR count). The summed E-state index contributed by atoms with van der Waals surface area (Å²) >= 11 is 4.75. The molecule has 0 aromatic carbocycles. The van der Waals surface area contributed by atoms with Crippen LogP contribution in [0.4, 0.5) is 0 Å². The van der Waals surface area contributed by atoms with Gasteiger partial charge in [0, 0.05) is 0 Å². The Kier molecular flexibility index (Phi) is 6.02. The first-order chi connectivity index (χ1) is 3.85. The second-order valence-corrected chi connectivity index (χ2v) is 3.89. The molecule has 0 aromatic heterocycles. The van der Waals surface area contributed by atoms with Gasteiger partial charge in [-0.1, -0.05) is 34.6 Å². The van der Waals surface area contributed by atoms with Gasteiger partial charge in [0.2, 0.25) is 0 Å². The molecule has 0 fully saturated rings. The maximum Gasteiger partial charge on any atom is -0.000146 e. The molecule has 8 heavy (non-hydrogen) atoms. The number of rotatable bonds is 4. The monoisotopic (exact) mass is 148 g/mol. The fraction of sp³-hybridized carbons (Fsp3) is 0.833. The Morgan fingerprint density at radius 1 is 1.50 bits per heavy atom. The minimum Gasteiger partial charge on any atom is -0.0885 e. The Balaban J connectivity index is 3.20. The van der Waals surface area contributed by atoms with Crippen molar-refractivity contribution in [1.82, 2.24) is 0 Å². The van der Waals surface area contributed by atoms with Crippen molar-refractivity contribution in [1.29, 1.82) is 0 Å². The highest BCUT2D eigenvalue weighted by atomic mass is 32.1. The van der Waals surface area contributed by atoms with Crippen LogP contribution < -0.4 is 0 Å². The zero-order chi connectivity index (χ0) is 6.41. The summed E-state index contributed by atoms with van der Waals surface area (Å²) in [5.41, 5.74) is 0.868. The summed E-state index contributed by atoms with van der Waals surface area (Å²) in [6.07, 6.45) is 2.56. The maximum atomic E-state index is 4.75. The Labute approximate surface area is 58.8 Å². The lowest BCUT2D eigenvalue weighted by molar-refractivity contribution is 0.791. The molecular formula is C6H13PS. The van der Waals surface area contributed by atoms with Crippen LogP contribution >= 0.6 is 20.8 Å². The Morgan fingerprint density at radius 3 is 2.12 bits per heavy atom. The van der Waals surface area contributed by atoms with E-state index in [2.05, 4.69) is 13.8 Å². The van der Waals surface area contributed by atoms with Gasteiger partial charge in [-0.3, -0.25) is 0 Å². The minimum atomic E-state index is 0.868. The average Bonchev–Trinajstić information content (AvgIpc) is 1.83. The van der Waals surface area contributed by atoms with Gasteiger partial charge in [0.25, 0.3) is 0 Å². The predicted molar refractivity (Wildman–Crippen MR) is 46.3 cm³/mol. The first-order valence-corrected chi connectivity index (χ1v) is 4.67. The first kappa shape index (κ1) is 8.52. The largest absolute Gasteiger partial charge is 0.0885 e. The van der Waals surface area contributed by atoms with E-state index in [1.807, 2.05) is 5.11 Å². The lowest BCUT2D eigenvalue weighted by atomic mass is 10.3. The molecule has 2 heteroatoms. The van der Waals surface area contributed by atoms with Crippen LogP contribution in [-0.4, -0.2) is 10.8 Å². The fourth-order valence-corrected chi connectivity index (χ4v) is 1.86. The summed E-state index contributed by atoms with van der Waals surface area (Å²) in [6, 6.07) is 0. The lowest BCUT2D eigenvalue weighted by Crippen LogP contribution is -1.93. The average molecular weight is 148 g/mol. The van der Waals surface area contributed by atoms with E-state index in [4.69, 9.17) is 12.2 Å². The highest BCUT2D eigenvalue weighted by molar-refractivity contribution is 7.90.